The number of halogens is 1. The van der Waals surface area contributed by atoms with Crippen LogP contribution in [0.2, 0.25) is 0 Å². The quantitative estimate of drug-likeness (QED) is 0.621. The van der Waals surface area contributed by atoms with Crippen molar-refractivity contribution in [2.75, 3.05) is 30.8 Å². The van der Waals surface area contributed by atoms with E-state index >= 15 is 0 Å². The zero-order valence-corrected chi connectivity index (χ0v) is 16.8. The summed E-state index contributed by atoms with van der Waals surface area (Å²) in [7, 11) is 1.68. The van der Waals surface area contributed by atoms with Crippen LogP contribution >= 0.6 is 11.3 Å². The molecule has 0 atom stereocenters. The van der Waals surface area contributed by atoms with Crippen LogP contribution in [-0.2, 0) is 9.59 Å². The number of hydrogen-bond acceptors (Lipinski definition) is 6. The van der Waals surface area contributed by atoms with Crippen LogP contribution in [0.15, 0.2) is 48.0 Å². The predicted molar refractivity (Wildman–Crippen MR) is 111 cm³/mol. The van der Waals surface area contributed by atoms with Gasteiger partial charge in [0, 0.05) is 17.1 Å². The second-order valence-electron chi connectivity index (χ2n) is 6.53. The highest BCUT2D eigenvalue weighted by Gasteiger charge is 2.13. The number of nitrogens with one attached hydrogen (secondary N) is 2. The molecule has 3 rings (SSSR count). The van der Waals surface area contributed by atoms with Crippen molar-refractivity contribution in [2.45, 2.75) is 6.92 Å². The van der Waals surface area contributed by atoms with Crippen molar-refractivity contribution >= 4 is 34.1 Å². The Hall–Kier alpha value is -3.17. The van der Waals surface area contributed by atoms with Gasteiger partial charge in [-0.25, -0.2) is 14.4 Å². The van der Waals surface area contributed by atoms with Gasteiger partial charge in [-0.05, 0) is 55.9 Å². The molecule has 29 heavy (non-hydrogen) atoms. The second kappa shape index (κ2) is 9.35. The van der Waals surface area contributed by atoms with Crippen LogP contribution < -0.4 is 10.6 Å². The van der Waals surface area contributed by atoms with E-state index in [0.29, 0.717) is 16.6 Å². The number of pyridine rings is 1. The number of amides is 2. The molecular formula is C20H20FN5O2S. The Morgan fingerprint density at radius 2 is 1.79 bits per heavy atom. The number of rotatable bonds is 7. The van der Waals surface area contributed by atoms with E-state index < -0.39 is 0 Å². The maximum absolute atomic E-state index is 13.0. The van der Waals surface area contributed by atoms with Gasteiger partial charge in [0.05, 0.1) is 18.8 Å². The maximum atomic E-state index is 13.0. The molecule has 0 spiro atoms. The standard InChI is InChI=1S/C20H20FN5O2S/c1-13-7-8-22-17(9-13)24-18(27)10-26(2)11-19(28)25-20-23-16(12-29-20)14-3-5-15(21)6-4-14/h3-9,12H,10-11H2,1-2H3,(H,22,24,27)(H,23,25,28). The van der Waals surface area contributed by atoms with E-state index in [0.717, 1.165) is 11.1 Å². The summed E-state index contributed by atoms with van der Waals surface area (Å²) < 4.78 is 13.0. The normalized spacial score (nSPS) is 10.8. The first-order valence-electron chi connectivity index (χ1n) is 8.81. The first kappa shape index (κ1) is 20.6. The van der Waals surface area contributed by atoms with Crippen molar-refractivity contribution in [1.29, 1.82) is 0 Å². The molecule has 0 saturated carbocycles. The summed E-state index contributed by atoms with van der Waals surface area (Å²) in [6.45, 7) is 1.98. The van der Waals surface area contributed by atoms with Crippen molar-refractivity contribution in [3.63, 3.8) is 0 Å². The Morgan fingerprint density at radius 3 is 2.48 bits per heavy atom. The molecule has 0 aliphatic carbocycles. The first-order chi connectivity index (χ1) is 13.9. The van der Waals surface area contributed by atoms with Gasteiger partial charge in [-0.15, -0.1) is 11.3 Å². The molecule has 0 bridgehead atoms. The minimum Gasteiger partial charge on any atom is -0.310 e. The maximum Gasteiger partial charge on any atom is 0.240 e. The SMILES string of the molecule is Cc1ccnc(NC(=O)CN(C)CC(=O)Nc2nc(-c3ccc(F)cc3)cs2)c1. The second-order valence-corrected chi connectivity index (χ2v) is 7.39. The van der Waals surface area contributed by atoms with Gasteiger partial charge in [-0.1, -0.05) is 0 Å². The third-order valence-electron chi connectivity index (χ3n) is 3.90. The molecular weight excluding hydrogens is 393 g/mol. The summed E-state index contributed by atoms with van der Waals surface area (Å²) in [6, 6.07) is 9.59. The molecule has 2 heterocycles. The zero-order valence-electron chi connectivity index (χ0n) is 16.0. The van der Waals surface area contributed by atoms with Crippen molar-refractivity contribution < 1.29 is 14.0 Å². The summed E-state index contributed by atoms with van der Waals surface area (Å²) in [5, 5.41) is 7.64. The number of aromatic nitrogens is 2. The highest BCUT2D eigenvalue weighted by atomic mass is 32.1. The van der Waals surface area contributed by atoms with Crippen LogP contribution in [0.4, 0.5) is 15.3 Å². The lowest BCUT2D eigenvalue weighted by atomic mass is 10.2. The Labute approximate surface area is 171 Å². The number of carbonyl (C=O) groups excluding carboxylic acids is 2. The molecule has 0 saturated heterocycles. The van der Waals surface area contributed by atoms with E-state index in [9.17, 15) is 14.0 Å². The average molecular weight is 413 g/mol. The number of carbonyl (C=O) groups is 2. The van der Waals surface area contributed by atoms with E-state index in [1.165, 1.54) is 23.5 Å². The molecule has 2 aromatic heterocycles. The summed E-state index contributed by atoms with van der Waals surface area (Å²) in [4.78, 5) is 34.3. The molecule has 2 N–H and O–H groups in total. The molecule has 2 amide bonds. The number of thiazole rings is 1. The molecule has 0 unspecified atom stereocenters. The van der Waals surface area contributed by atoms with Crippen molar-refractivity contribution in [1.82, 2.24) is 14.9 Å². The number of benzene rings is 1. The van der Waals surface area contributed by atoms with Crippen LogP contribution in [0.5, 0.6) is 0 Å². The van der Waals surface area contributed by atoms with E-state index in [2.05, 4.69) is 20.6 Å². The molecule has 7 nitrogen and oxygen atoms in total. The van der Waals surface area contributed by atoms with E-state index in [1.54, 1.807) is 41.7 Å². The van der Waals surface area contributed by atoms with Crippen LogP contribution in [0.1, 0.15) is 5.56 Å². The summed E-state index contributed by atoms with van der Waals surface area (Å²) in [5.74, 6) is -0.382. The monoisotopic (exact) mass is 413 g/mol. The smallest absolute Gasteiger partial charge is 0.240 e. The van der Waals surface area contributed by atoms with Gasteiger partial charge in [0.2, 0.25) is 11.8 Å². The van der Waals surface area contributed by atoms with Gasteiger partial charge in [0.1, 0.15) is 11.6 Å². The van der Waals surface area contributed by atoms with Crippen molar-refractivity contribution in [3.8, 4) is 11.3 Å². The largest absolute Gasteiger partial charge is 0.310 e. The summed E-state index contributed by atoms with van der Waals surface area (Å²) >= 11 is 1.28. The molecule has 3 aromatic rings. The lowest BCUT2D eigenvalue weighted by Crippen LogP contribution is -2.36. The number of likely N-dealkylation sites (N-methyl/N-ethyl adjacent to an activating group) is 1. The lowest BCUT2D eigenvalue weighted by molar-refractivity contribution is -0.119. The molecule has 0 fully saturated rings. The minimum atomic E-state index is -0.317. The summed E-state index contributed by atoms with van der Waals surface area (Å²) in [6.07, 6.45) is 1.62. The van der Waals surface area contributed by atoms with Crippen LogP contribution in [-0.4, -0.2) is 46.8 Å². The highest BCUT2D eigenvalue weighted by molar-refractivity contribution is 7.14. The van der Waals surface area contributed by atoms with Crippen LogP contribution in [0.3, 0.4) is 0 Å². The van der Waals surface area contributed by atoms with Crippen molar-refractivity contribution in [3.05, 3.63) is 59.4 Å². The Bertz CT molecular complexity index is 1010. The molecule has 0 radical (unpaired) electrons. The third-order valence-corrected chi connectivity index (χ3v) is 4.66. The fourth-order valence-corrected chi connectivity index (χ4v) is 3.31. The van der Waals surface area contributed by atoms with Gasteiger partial charge in [-0.3, -0.25) is 14.5 Å². The van der Waals surface area contributed by atoms with Gasteiger partial charge >= 0.3 is 0 Å². The number of hydrogen-bond donors (Lipinski definition) is 2. The zero-order chi connectivity index (χ0) is 20.8. The number of aryl methyl sites for hydroxylation is 1. The van der Waals surface area contributed by atoms with E-state index in [1.807, 2.05) is 13.0 Å². The van der Waals surface area contributed by atoms with Gasteiger partial charge < -0.3 is 10.6 Å². The average Bonchev–Trinajstić information content (AvgIpc) is 3.10. The number of nitrogens with zero attached hydrogens (tertiary/aromatic N) is 3. The fourth-order valence-electron chi connectivity index (χ4n) is 2.58. The highest BCUT2D eigenvalue weighted by Crippen LogP contribution is 2.24. The Kier molecular flexibility index (Phi) is 6.63. The fraction of sp³-hybridized carbons (Fsp3) is 0.200. The Morgan fingerprint density at radius 1 is 1.10 bits per heavy atom. The molecule has 1 aromatic carbocycles. The Balaban J connectivity index is 1.48. The van der Waals surface area contributed by atoms with Crippen LogP contribution in [0.25, 0.3) is 11.3 Å². The van der Waals surface area contributed by atoms with Gasteiger partial charge in [0.15, 0.2) is 5.13 Å². The molecule has 9 heteroatoms. The molecule has 0 aliphatic heterocycles. The first-order valence-corrected chi connectivity index (χ1v) is 9.69. The minimum absolute atomic E-state index is 0.0279. The lowest BCUT2D eigenvalue weighted by Gasteiger charge is -2.15. The van der Waals surface area contributed by atoms with Gasteiger partial charge in [0.25, 0.3) is 0 Å². The molecule has 150 valence electrons. The van der Waals surface area contributed by atoms with E-state index in [4.69, 9.17) is 0 Å². The topological polar surface area (TPSA) is 87.2 Å². The van der Waals surface area contributed by atoms with Crippen LogP contribution in [0, 0.1) is 12.7 Å². The van der Waals surface area contributed by atoms with E-state index in [-0.39, 0.29) is 30.7 Å². The third kappa shape index (κ3) is 6.16. The predicted octanol–water partition coefficient (Wildman–Crippen LogP) is 3.16. The summed E-state index contributed by atoms with van der Waals surface area (Å²) in [5.41, 5.74) is 2.41. The van der Waals surface area contributed by atoms with Gasteiger partial charge in [-0.2, -0.15) is 0 Å². The number of anilines is 2. The molecule has 0 aliphatic rings. The van der Waals surface area contributed by atoms with Crippen molar-refractivity contribution in [2.24, 2.45) is 0 Å².